The predicted octanol–water partition coefficient (Wildman–Crippen LogP) is 2.28. The monoisotopic (exact) mass is 349 g/mol. The van der Waals surface area contributed by atoms with Crippen LogP contribution in [0.4, 0.5) is 0 Å². The van der Waals surface area contributed by atoms with E-state index in [0.717, 1.165) is 5.56 Å². The van der Waals surface area contributed by atoms with Crippen molar-refractivity contribution in [1.82, 2.24) is 4.72 Å². The van der Waals surface area contributed by atoms with E-state index in [0.29, 0.717) is 5.75 Å². The molecule has 2 rings (SSSR count). The van der Waals surface area contributed by atoms with Gasteiger partial charge in [0.15, 0.2) is 0 Å². The molecule has 0 radical (unpaired) electrons. The zero-order valence-corrected chi connectivity index (χ0v) is 14.5. The third-order valence-corrected chi connectivity index (χ3v) is 4.83. The van der Waals surface area contributed by atoms with Crippen molar-refractivity contribution in [3.8, 4) is 11.5 Å². The Morgan fingerprint density at radius 2 is 1.71 bits per heavy atom. The number of benzene rings is 2. The summed E-state index contributed by atoms with van der Waals surface area (Å²) in [4.78, 5) is 12.2. The average Bonchev–Trinajstić information content (AvgIpc) is 2.55. The Balaban J connectivity index is 2.06. The summed E-state index contributed by atoms with van der Waals surface area (Å²) in [6, 6.07) is 11.8. The van der Waals surface area contributed by atoms with Crippen molar-refractivity contribution in [2.24, 2.45) is 0 Å². The Hall–Kier alpha value is -2.38. The third kappa shape index (κ3) is 4.56. The molecule has 2 aromatic carbocycles. The second-order valence-corrected chi connectivity index (χ2v) is 6.97. The fraction of sp³-hybridized carbons (Fsp3) is 0.235. The summed E-state index contributed by atoms with van der Waals surface area (Å²) in [5.41, 5.74) is 0.944. The topological polar surface area (TPSA) is 81.7 Å². The van der Waals surface area contributed by atoms with Crippen LogP contribution in [0.25, 0.3) is 0 Å². The lowest BCUT2D eigenvalue weighted by molar-refractivity contribution is -0.135. The standard InChI is InChI=1S/C17H19NO5S/c1-12-7-9-16(10-8-12)24(20,21)18-13(2)17(19)23-15-6-4-5-14(11-15)22-3/h4-11,13,18H,1-3H3/t13-/m0/s1. The molecule has 0 unspecified atom stereocenters. The number of ether oxygens (including phenoxy) is 2. The lowest BCUT2D eigenvalue weighted by Crippen LogP contribution is -2.40. The second kappa shape index (κ2) is 7.46. The van der Waals surface area contributed by atoms with Crippen LogP contribution in [-0.2, 0) is 14.8 Å². The van der Waals surface area contributed by atoms with Crippen LogP contribution in [0.5, 0.6) is 11.5 Å². The summed E-state index contributed by atoms with van der Waals surface area (Å²) < 4.78 is 37.1. The average molecular weight is 349 g/mol. The highest BCUT2D eigenvalue weighted by Gasteiger charge is 2.23. The van der Waals surface area contributed by atoms with Gasteiger partial charge in [-0.05, 0) is 38.1 Å². The Bertz CT molecular complexity index is 815. The second-order valence-electron chi connectivity index (χ2n) is 5.26. The van der Waals surface area contributed by atoms with Gasteiger partial charge in [-0.25, -0.2) is 13.2 Å². The molecule has 0 saturated carbocycles. The molecule has 7 heteroatoms. The van der Waals surface area contributed by atoms with E-state index < -0.39 is 22.0 Å². The van der Waals surface area contributed by atoms with Gasteiger partial charge in [0, 0.05) is 6.07 Å². The Morgan fingerprint density at radius 3 is 2.33 bits per heavy atom. The quantitative estimate of drug-likeness (QED) is 0.639. The molecule has 1 N–H and O–H groups in total. The molecule has 0 aliphatic rings. The Labute approximate surface area is 141 Å². The highest BCUT2D eigenvalue weighted by Crippen LogP contribution is 2.19. The minimum atomic E-state index is -3.80. The van der Waals surface area contributed by atoms with Crippen LogP contribution < -0.4 is 14.2 Å². The summed E-state index contributed by atoms with van der Waals surface area (Å²) in [7, 11) is -2.30. The first-order valence-corrected chi connectivity index (χ1v) is 8.75. The van der Waals surface area contributed by atoms with Gasteiger partial charge in [0.25, 0.3) is 0 Å². The summed E-state index contributed by atoms with van der Waals surface area (Å²) in [6.45, 7) is 3.28. The molecule has 0 fully saturated rings. The van der Waals surface area contributed by atoms with Gasteiger partial charge < -0.3 is 9.47 Å². The maximum Gasteiger partial charge on any atom is 0.329 e. The van der Waals surface area contributed by atoms with E-state index in [2.05, 4.69) is 4.72 Å². The molecule has 0 aliphatic heterocycles. The van der Waals surface area contributed by atoms with Crippen LogP contribution in [-0.4, -0.2) is 27.5 Å². The molecule has 0 aliphatic carbocycles. The Morgan fingerprint density at radius 1 is 1.08 bits per heavy atom. The number of sulfonamides is 1. The lowest BCUT2D eigenvalue weighted by Gasteiger charge is -2.14. The summed E-state index contributed by atoms with van der Waals surface area (Å²) in [6.07, 6.45) is 0. The van der Waals surface area contributed by atoms with Gasteiger partial charge >= 0.3 is 5.97 Å². The largest absolute Gasteiger partial charge is 0.497 e. The lowest BCUT2D eigenvalue weighted by atomic mass is 10.2. The van der Waals surface area contributed by atoms with Crippen LogP contribution in [0.3, 0.4) is 0 Å². The molecule has 2 aromatic rings. The summed E-state index contributed by atoms with van der Waals surface area (Å²) in [5, 5.41) is 0. The number of methoxy groups -OCH3 is 1. The van der Waals surface area contributed by atoms with E-state index in [9.17, 15) is 13.2 Å². The summed E-state index contributed by atoms with van der Waals surface area (Å²) >= 11 is 0. The van der Waals surface area contributed by atoms with Crippen molar-refractivity contribution in [2.75, 3.05) is 7.11 Å². The summed E-state index contributed by atoms with van der Waals surface area (Å²) in [5.74, 6) is 0.105. The first kappa shape index (κ1) is 18.0. The zero-order chi connectivity index (χ0) is 17.7. The zero-order valence-electron chi connectivity index (χ0n) is 13.6. The number of carbonyl (C=O) groups is 1. The molecule has 128 valence electrons. The minimum absolute atomic E-state index is 0.0918. The van der Waals surface area contributed by atoms with Gasteiger partial charge in [-0.15, -0.1) is 0 Å². The van der Waals surface area contributed by atoms with E-state index in [1.807, 2.05) is 6.92 Å². The number of nitrogens with one attached hydrogen (secondary N) is 1. The maximum atomic E-state index is 12.3. The van der Waals surface area contributed by atoms with E-state index in [1.54, 1.807) is 36.4 Å². The smallest absolute Gasteiger partial charge is 0.329 e. The molecule has 6 nitrogen and oxygen atoms in total. The first-order valence-electron chi connectivity index (χ1n) is 7.26. The number of rotatable bonds is 6. The molecule has 24 heavy (non-hydrogen) atoms. The van der Waals surface area contributed by atoms with Gasteiger partial charge in [0.2, 0.25) is 10.0 Å². The molecule has 0 bridgehead atoms. The van der Waals surface area contributed by atoms with Crippen LogP contribution in [0, 0.1) is 6.92 Å². The van der Waals surface area contributed by atoms with Crippen molar-refractivity contribution >= 4 is 16.0 Å². The molecule has 0 saturated heterocycles. The van der Waals surface area contributed by atoms with Crippen LogP contribution in [0.1, 0.15) is 12.5 Å². The number of hydrogen-bond acceptors (Lipinski definition) is 5. The SMILES string of the molecule is COc1cccc(OC(=O)[C@H](C)NS(=O)(=O)c2ccc(C)cc2)c1. The van der Waals surface area contributed by atoms with Crippen molar-refractivity contribution in [1.29, 1.82) is 0 Å². The molecule has 1 atom stereocenters. The van der Waals surface area contributed by atoms with Crippen LogP contribution >= 0.6 is 0 Å². The van der Waals surface area contributed by atoms with Gasteiger partial charge in [-0.2, -0.15) is 4.72 Å². The van der Waals surface area contributed by atoms with Crippen LogP contribution in [0.15, 0.2) is 53.4 Å². The highest BCUT2D eigenvalue weighted by atomic mass is 32.2. The first-order chi connectivity index (χ1) is 11.3. The molecule has 0 heterocycles. The highest BCUT2D eigenvalue weighted by molar-refractivity contribution is 7.89. The molecule has 0 amide bonds. The fourth-order valence-electron chi connectivity index (χ4n) is 1.94. The van der Waals surface area contributed by atoms with Crippen molar-refractivity contribution in [3.63, 3.8) is 0 Å². The Kier molecular flexibility index (Phi) is 5.58. The molecule has 0 spiro atoms. The maximum absolute atomic E-state index is 12.3. The molecular weight excluding hydrogens is 330 g/mol. The molecular formula is C17H19NO5S. The van der Waals surface area contributed by atoms with Crippen LogP contribution in [0.2, 0.25) is 0 Å². The van der Waals surface area contributed by atoms with Crippen molar-refractivity contribution < 1.29 is 22.7 Å². The number of aryl methyl sites for hydroxylation is 1. The van der Waals surface area contributed by atoms with Gasteiger partial charge in [-0.1, -0.05) is 23.8 Å². The van der Waals surface area contributed by atoms with Gasteiger partial charge in [0.1, 0.15) is 17.5 Å². The van der Waals surface area contributed by atoms with E-state index in [4.69, 9.17) is 9.47 Å². The van der Waals surface area contributed by atoms with Crippen molar-refractivity contribution in [2.45, 2.75) is 24.8 Å². The minimum Gasteiger partial charge on any atom is -0.497 e. The number of carbonyl (C=O) groups excluding carboxylic acids is 1. The van der Waals surface area contributed by atoms with Crippen molar-refractivity contribution in [3.05, 3.63) is 54.1 Å². The third-order valence-electron chi connectivity index (χ3n) is 3.28. The van der Waals surface area contributed by atoms with E-state index in [-0.39, 0.29) is 10.6 Å². The fourth-order valence-corrected chi connectivity index (χ4v) is 3.13. The number of hydrogen-bond donors (Lipinski definition) is 1. The van der Waals surface area contributed by atoms with Gasteiger partial charge in [-0.3, -0.25) is 0 Å². The predicted molar refractivity (Wildman–Crippen MR) is 89.6 cm³/mol. The van der Waals surface area contributed by atoms with E-state index in [1.165, 1.54) is 26.2 Å². The number of esters is 1. The van der Waals surface area contributed by atoms with E-state index >= 15 is 0 Å². The van der Waals surface area contributed by atoms with Gasteiger partial charge in [0.05, 0.1) is 12.0 Å². The molecule has 0 aromatic heterocycles. The normalized spacial score (nSPS) is 12.5.